The molecule has 1 atom stereocenters. The molecule has 1 aromatic rings. The van der Waals surface area contributed by atoms with Crippen LogP contribution in [0, 0.1) is 0 Å². The quantitative estimate of drug-likeness (QED) is 0.773. The Hall–Kier alpha value is -1.30. The Bertz CT molecular complexity index is 325. The van der Waals surface area contributed by atoms with Gasteiger partial charge in [-0.2, -0.15) is 18.3 Å². The van der Waals surface area contributed by atoms with Crippen LogP contribution in [0.5, 0.6) is 0 Å². The normalized spacial score (nSPS) is 14.9. The van der Waals surface area contributed by atoms with E-state index in [0.717, 1.165) is 6.07 Å². The van der Waals surface area contributed by atoms with Gasteiger partial charge in [0.2, 0.25) is 0 Å². The molecular weight excluding hydrogens is 195 g/mol. The second-order valence-electron chi connectivity index (χ2n) is 2.92. The SMILES string of the molecule is CC(N)/C=C/c1cc(C(F)(F)F)[nH]n1. The molecule has 14 heavy (non-hydrogen) atoms. The van der Waals surface area contributed by atoms with E-state index >= 15 is 0 Å². The summed E-state index contributed by atoms with van der Waals surface area (Å²) < 4.78 is 36.2. The van der Waals surface area contributed by atoms with E-state index in [4.69, 9.17) is 5.73 Å². The van der Waals surface area contributed by atoms with Crippen LogP contribution in [0.15, 0.2) is 12.1 Å². The topological polar surface area (TPSA) is 54.7 Å². The van der Waals surface area contributed by atoms with E-state index in [-0.39, 0.29) is 11.7 Å². The largest absolute Gasteiger partial charge is 0.432 e. The molecule has 0 spiro atoms. The number of halogens is 3. The second-order valence-corrected chi connectivity index (χ2v) is 2.92. The number of aromatic amines is 1. The van der Waals surface area contributed by atoms with Crippen LogP contribution in [0.4, 0.5) is 13.2 Å². The number of hydrogen-bond donors (Lipinski definition) is 2. The van der Waals surface area contributed by atoms with Crippen LogP contribution in [-0.2, 0) is 6.18 Å². The van der Waals surface area contributed by atoms with E-state index in [1.165, 1.54) is 6.08 Å². The summed E-state index contributed by atoms with van der Waals surface area (Å²) in [6, 6.07) is 0.722. The number of hydrogen-bond acceptors (Lipinski definition) is 2. The van der Waals surface area contributed by atoms with Crippen molar-refractivity contribution in [1.29, 1.82) is 0 Å². The zero-order chi connectivity index (χ0) is 10.8. The summed E-state index contributed by atoms with van der Waals surface area (Å²) in [5.41, 5.74) is 4.74. The number of nitrogens with one attached hydrogen (secondary N) is 1. The molecule has 78 valence electrons. The van der Waals surface area contributed by atoms with Gasteiger partial charge in [0.15, 0.2) is 0 Å². The lowest BCUT2D eigenvalue weighted by Gasteiger charge is -1.99. The molecule has 1 rings (SSSR count). The van der Waals surface area contributed by atoms with Crippen molar-refractivity contribution >= 4 is 6.08 Å². The van der Waals surface area contributed by atoms with E-state index in [1.54, 1.807) is 13.0 Å². The molecule has 1 heterocycles. The highest BCUT2D eigenvalue weighted by molar-refractivity contribution is 5.45. The Labute approximate surface area is 78.8 Å². The molecule has 0 aromatic carbocycles. The van der Waals surface area contributed by atoms with Gasteiger partial charge < -0.3 is 5.73 Å². The molecule has 0 aliphatic heterocycles. The van der Waals surface area contributed by atoms with Crippen LogP contribution in [0.25, 0.3) is 6.08 Å². The van der Waals surface area contributed by atoms with E-state index in [0.29, 0.717) is 0 Å². The maximum atomic E-state index is 12.1. The molecular formula is C8H10F3N3. The minimum Gasteiger partial charge on any atom is -0.325 e. The number of aromatic nitrogens is 2. The van der Waals surface area contributed by atoms with Gasteiger partial charge in [-0.1, -0.05) is 6.08 Å². The molecule has 1 aromatic heterocycles. The minimum absolute atomic E-state index is 0.207. The lowest BCUT2D eigenvalue weighted by Crippen LogP contribution is -2.09. The molecule has 0 amide bonds. The summed E-state index contributed by atoms with van der Waals surface area (Å²) >= 11 is 0. The van der Waals surface area contributed by atoms with Gasteiger partial charge in [-0.05, 0) is 19.1 Å². The highest BCUT2D eigenvalue weighted by Gasteiger charge is 2.32. The van der Waals surface area contributed by atoms with E-state index in [9.17, 15) is 13.2 Å². The third kappa shape index (κ3) is 2.88. The van der Waals surface area contributed by atoms with Crippen molar-refractivity contribution < 1.29 is 13.2 Å². The first-order valence-electron chi connectivity index (χ1n) is 3.96. The summed E-state index contributed by atoms with van der Waals surface area (Å²) in [6.45, 7) is 1.72. The molecule has 0 aliphatic rings. The molecule has 0 saturated heterocycles. The summed E-state index contributed by atoms with van der Waals surface area (Å²) in [4.78, 5) is 0. The predicted octanol–water partition coefficient (Wildman–Crippen LogP) is 1.79. The zero-order valence-electron chi connectivity index (χ0n) is 7.47. The van der Waals surface area contributed by atoms with E-state index < -0.39 is 11.9 Å². The molecule has 6 heteroatoms. The van der Waals surface area contributed by atoms with Gasteiger partial charge >= 0.3 is 6.18 Å². The van der Waals surface area contributed by atoms with Crippen LogP contribution in [0.3, 0.4) is 0 Å². The van der Waals surface area contributed by atoms with E-state index in [2.05, 4.69) is 5.10 Å². The first kappa shape index (κ1) is 10.8. The van der Waals surface area contributed by atoms with Gasteiger partial charge in [-0.3, -0.25) is 5.10 Å². The third-order valence-corrected chi connectivity index (χ3v) is 1.47. The molecule has 0 radical (unpaired) electrons. The van der Waals surface area contributed by atoms with Crippen molar-refractivity contribution in [3.63, 3.8) is 0 Å². The molecule has 3 N–H and O–H groups in total. The molecule has 3 nitrogen and oxygen atoms in total. The smallest absolute Gasteiger partial charge is 0.325 e. The monoisotopic (exact) mass is 205 g/mol. The highest BCUT2D eigenvalue weighted by atomic mass is 19.4. The molecule has 0 bridgehead atoms. The van der Waals surface area contributed by atoms with Gasteiger partial charge in [0.25, 0.3) is 0 Å². The Morgan fingerprint density at radius 3 is 2.64 bits per heavy atom. The Kier molecular flexibility index (Phi) is 2.95. The average molecular weight is 205 g/mol. The minimum atomic E-state index is -4.38. The summed E-state index contributed by atoms with van der Waals surface area (Å²) in [5.74, 6) is 0. The van der Waals surface area contributed by atoms with Crippen LogP contribution < -0.4 is 5.73 Å². The maximum Gasteiger partial charge on any atom is 0.432 e. The second kappa shape index (κ2) is 3.83. The van der Waals surface area contributed by atoms with Crippen molar-refractivity contribution in [3.8, 4) is 0 Å². The predicted molar refractivity (Wildman–Crippen MR) is 46.3 cm³/mol. The number of nitrogens with zero attached hydrogens (tertiary/aromatic N) is 1. The van der Waals surface area contributed by atoms with E-state index in [1.807, 2.05) is 5.10 Å². The van der Waals surface area contributed by atoms with Crippen molar-refractivity contribution in [2.45, 2.75) is 19.1 Å². The highest BCUT2D eigenvalue weighted by Crippen LogP contribution is 2.27. The summed E-state index contributed by atoms with van der Waals surface area (Å²) in [7, 11) is 0. The fraction of sp³-hybridized carbons (Fsp3) is 0.375. The fourth-order valence-corrected chi connectivity index (χ4v) is 0.818. The Morgan fingerprint density at radius 2 is 2.21 bits per heavy atom. The zero-order valence-corrected chi connectivity index (χ0v) is 7.47. The number of rotatable bonds is 2. The number of alkyl halides is 3. The Balaban J connectivity index is 2.79. The van der Waals surface area contributed by atoms with Crippen molar-refractivity contribution in [3.05, 3.63) is 23.5 Å². The molecule has 0 aliphatic carbocycles. The fourth-order valence-electron chi connectivity index (χ4n) is 0.818. The Morgan fingerprint density at radius 1 is 1.57 bits per heavy atom. The maximum absolute atomic E-state index is 12.1. The molecule has 0 fully saturated rings. The summed E-state index contributed by atoms with van der Waals surface area (Å²) in [5, 5.41) is 5.37. The van der Waals surface area contributed by atoms with Gasteiger partial charge in [0.1, 0.15) is 5.69 Å². The summed E-state index contributed by atoms with van der Waals surface area (Å²) in [6.07, 6.45) is -1.37. The van der Waals surface area contributed by atoms with Gasteiger partial charge in [-0.25, -0.2) is 0 Å². The van der Waals surface area contributed by atoms with Crippen molar-refractivity contribution in [1.82, 2.24) is 10.2 Å². The molecule has 0 saturated carbocycles. The van der Waals surface area contributed by atoms with Crippen LogP contribution in [0.1, 0.15) is 18.3 Å². The standard InChI is InChI=1S/C8H10F3N3/c1-5(12)2-3-6-4-7(14-13-6)8(9,10)11/h2-5H,12H2,1H3,(H,13,14)/b3-2+. The average Bonchev–Trinajstić information content (AvgIpc) is 2.47. The van der Waals surface area contributed by atoms with Gasteiger partial charge in [0, 0.05) is 6.04 Å². The first-order valence-corrected chi connectivity index (χ1v) is 3.96. The van der Waals surface area contributed by atoms with Gasteiger partial charge in [-0.15, -0.1) is 0 Å². The van der Waals surface area contributed by atoms with Crippen molar-refractivity contribution in [2.75, 3.05) is 0 Å². The third-order valence-electron chi connectivity index (χ3n) is 1.47. The first-order chi connectivity index (χ1) is 6.39. The lowest BCUT2D eigenvalue weighted by atomic mass is 10.2. The number of H-pyrrole nitrogens is 1. The number of nitrogens with two attached hydrogens (primary N) is 1. The van der Waals surface area contributed by atoms with Crippen LogP contribution >= 0.6 is 0 Å². The van der Waals surface area contributed by atoms with Crippen molar-refractivity contribution in [2.24, 2.45) is 5.73 Å². The molecule has 1 unspecified atom stereocenters. The lowest BCUT2D eigenvalue weighted by molar-refractivity contribution is -0.141. The van der Waals surface area contributed by atoms with Crippen LogP contribution in [0.2, 0.25) is 0 Å². The van der Waals surface area contributed by atoms with Gasteiger partial charge in [0.05, 0.1) is 5.69 Å². The van der Waals surface area contributed by atoms with Crippen LogP contribution in [-0.4, -0.2) is 16.2 Å².